The summed E-state index contributed by atoms with van der Waals surface area (Å²) in [4.78, 5) is 22.1. The average molecular weight is 331 g/mol. The van der Waals surface area contributed by atoms with Gasteiger partial charge in [-0.25, -0.2) is 0 Å². The van der Waals surface area contributed by atoms with Crippen LogP contribution in [0.2, 0.25) is 0 Å². The molecule has 2 aliphatic rings. The second-order valence-electron chi connectivity index (χ2n) is 7.21. The lowest BCUT2D eigenvalue weighted by Gasteiger charge is -2.45. The number of methoxy groups -OCH3 is 1. The summed E-state index contributed by atoms with van der Waals surface area (Å²) in [5, 5.41) is 11.6. The van der Waals surface area contributed by atoms with Crippen LogP contribution >= 0.6 is 0 Å². The molecule has 1 aromatic rings. The molecule has 1 fully saturated rings. The molecule has 0 spiro atoms. The van der Waals surface area contributed by atoms with Gasteiger partial charge >= 0.3 is 5.69 Å². The van der Waals surface area contributed by atoms with Gasteiger partial charge in [-0.2, -0.15) is 0 Å². The van der Waals surface area contributed by atoms with Crippen molar-refractivity contribution >= 4 is 12.0 Å². The van der Waals surface area contributed by atoms with Crippen molar-refractivity contribution in [2.75, 3.05) is 7.11 Å². The van der Waals surface area contributed by atoms with Crippen molar-refractivity contribution in [1.82, 2.24) is 0 Å². The van der Waals surface area contributed by atoms with Crippen LogP contribution in [0.15, 0.2) is 12.1 Å². The van der Waals surface area contributed by atoms with Crippen LogP contribution in [0.1, 0.15) is 56.1 Å². The number of nitrogens with zero attached hydrogens (tertiary/aromatic N) is 1. The number of carbonyl (C=O) groups excluding carboxylic acids is 1. The van der Waals surface area contributed by atoms with Gasteiger partial charge in [-0.15, -0.1) is 0 Å². The van der Waals surface area contributed by atoms with Crippen LogP contribution in [0.3, 0.4) is 0 Å². The highest BCUT2D eigenvalue weighted by Crippen LogP contribution is 2.53. The molecule has 0 radical (unpaired) electrons. The fraction of sp³-hybridized carbons (Fsp3) is 0.632. The first-order valence-electron chi connectivity index (χ1n) is 8.86. The van der Waals surface area contributed by atoms with Gasteiger partial charge in [0, 0.05) is 12.0 Å². The minimum Gasteiger partial charge on any atom is -0.490 e. The van der Waals surface area contributed by atoms with E-state index in [1.807, 2.05) is 6.07 Å². The van der Waals surface area contributed by atoms with Crippen molar-refractivity contribution in [3.63, 3.8) is 0 Å². The SMILES string of the molecule is COc1ccc2c(c1[N+](=O)[O-])CCC1C2CCC(C)C1CCC=O. The van der Waals surface area contributed by atoms with Gasteiger partial charge in [0.15, 0.2) is 5.75 Å². The molecule has 0 bridgehead atoms. The number of hydrogen-bond donors (Lipinski definition) is 0. The highest BCUT2D eigenvalue weighted by atomic mass is 16.6. The zero-order valence-corrected chi connectivity index (χ0v) is 14.4. The maximum atomic E-state index is 11.6. The van der Waals surface area contributed by atoms with Crippen LogP contribution in [-0.2, 0) is 11.2 Å². The van der Waals surface area contributed by atoms with E-state index in [1.165, 1.54) is 7.11 Å². The molecule has 0 aliphatic heterocycles. The Morgan fingerprint density at radius 2 is 2.12 bits per heavy atom. The number of rotatable bonds is 5. The molecule has 24 heavy (non-hydrogen) atoms. The van der Waals surface area contributed by atoms with Gasteiger partial charge in [0.1, 0.15) is 6.29 Å². The van der Waals surface area contributed by atoms with Gasteiger partial charge in [0.25, 0.3) is 0 Å². The van der Waals surface area contributed by atoms with Gasteiger partial charge in [-0.3, -0.25) is 10.1 Å². The highest BCUT2D eigenvalue weighted by Gasteiger charge is 2.42. The molecule has 1 aromatic carbocycles. The normalized spacial score (nSPS) is 28.6. The molecule has 0 saturated heterocycles. The van der Waals surface area contributed by atoms with Crippen LogP contribution in [0.25, 0.3) is 0 Å². The minimum absolute atomic E-state index is 0.150. The summed E-state index contributed by atoms with van der Waals surface area (Å²) in [7, 11) is 1.48. The fourth-order valence-electron chi connectivity index (χ4n) is 5.07. The monoisotopic (exact) mass is 331 g/mol. The number of hydrogen-bond acceptors (Lipinski definition) is 4. The molecule has 0 heterocycles. The van der Waals surface area contributed by atoms with E-state index in [0.717, 1.165) is 49.5 Å². The van der Waals surface area contributed by atoms with Crippen LogP contribution in [0, 0.1) is 27.9 Å². The van der Waals surface area contributed by atoms with Gasteiger partial charge in [-0.05, 0) is 67.4 Å². The van der Waals surface area contributed by atoms with Crippen LogP contribution in [0.5, 0.6) is 5.75 Å². The topological polar surface area (TPSA) is 69.4 Å². The molecule has 1 saturated carbocycles. The Balaban J connectivity index is 1.98. The molecule has 3 rings (SSSR count). The third-order valence-corrected chi connectivity index (χ3v) is 6.16. The maximum absolute atomic E-state index is 11.6. The lowest BCUT2D eigenvalue weighted by atomic mass is 9.59. The van der Waals surface area contributed by atoms with Crippen molar-refractivity contribution in [3.8, 4) is 5.75 Å². The first kappa shape index (κ1) is 16.9. The third-order valence-electron chi connectivity index (χ3n) is 6.16. The van der Waals surface area contributed by atoms with Gasteiger partial charge in [0.05, 0.1) is 12.0 Å². The summed E-state index contributed by atoms with van der Waals surface area (Å²) in [6.45, 7) is 2.29. The summed E-state index contributed by atoms with van der Waals surface area (Å²) in [6.07, 6.45) is 6.49. The number of benzene rings is 1. The van der Waals surface area contributed by atoms with Crippen LogP contribution in [0.4, 0.5) is 5.69 Å². The van der Waals surface area contributed by atoms with E-state index in [0.29, 0.717) is 35.8 Å². The highest BCUT2D eigenvalue weighted by molar-refractivity contribution is 5.58. The van der Waals surface area contributed by atoms with Crippen molar-refractivity contribution in [3.05, 3.63) is 33.4 Å². The lowest BCUT2D eigenvalue weighted by molar-refractivity contribution is -0.386. The van der Waals surface area contributed by atoms with Crippen LogP contribution < -0.4 is 4.74 Å². The van der Waals surface area contributed by atoms with Crippen molar-refractivity contribution < 1.29 is 14.5 Å². The van der Waals surface area contributed by atoms with Gasteiger partial charge in [-0.1, -0.05) is 13.0 Å². The second-order valence-corrected chi connectivity index (χ2v) is 7.21. The largest absolute Gasteiger partial charge is 0.490 e. The van der Waals surface area contributed by atoms with Gasteiger partial charge in [0.2, 0.25) is 0 Å². The summed E-state index contributed by atoms with van der Waals surface area (Å²) >= 11 is 0. The fourth-order valence-corrected chi connectivity index (χ4v) is 5.07. The lowest BCUT2D eigenvalue weighted by Crippen LogP contribution is -2.35. The van der Waals surface area contributed by atoms with E-state index < -0.39 is 0 Å². The number of fused-ring (bicyclic) bond motifs is 3. The summed E-state index contributed by atoms with van der Waals surface area (Å²) in [5.74, 6) is 2.45. The third kappa shape index (κ3) is 2.80. The molecule has 0 aromatic heterocycles. The Labute approximate surface area is 142 Å². The van der Waals surface area contributed by atoms with Crippen LogP contribution in [-0.4, -0.2) is 18.3 Å². The number of aldehydes is 1. The molecule has 0 amide bonds. The molecular weight excluding hydrogens is 306 g/mol. The zero-order chi connectivity index (χ0) is 17.3. The molecule has 4 unspecified atom stereocenters. The second kappa shape index (κ2) is 6.91. The minimum atomic E-state index is -0.298. The standard InChI is InChI=1S/C19H25NO4/c1-12-5-6-15-14(13(12)4-3-11-21)7-8-17-16(15)9-10-18(24-2)19(17)20(22)23/h9-15H,3-8H2,1-2H3. The first-order chi connectivity index (χ1) is 11.6. The zero-order valence-electron chi connectivity index (χ0n) is 14.4. The van der Waals surface area contributed by atoms with E-state index >= 15 is 0 Å². The predicted molar refractivity (Wildman–Crippen MR) is 91.4 cm³/mol. The van der Waals surface area contributed by atoms with E-state index in [-0.39, 0.29) is 10.6 Å². The molecule has 130 valence electrons. The Bertz CT molecular complexity index is 642. The van der Waals surface area contributed by atoms with Crippen molar-refractivity contribution in [2.24, 2.45) is 17.8 Å². The number of carbonyl (C=O) groups is 1. The molecule has 4 atom stereocenters. The Hall–Kier alpha value is -1.91. The summed E-state index contributed by atoms with van der Waals surface area (Å²) in [5.41, 5.74) is 2.16. The van der Waals surface area contributed by atoms with E-state index in [9.17, 15) is 14.9 Å². The van der Waals surface area contributed by atoms with E-state index in [4.69, 9.17) is 4.74 Å². The Morgan fingerprint density at radius 3 is 2.79 bits per heavy atom. The maximum Gasteiger partial charge on any atom is 0.314 e. The van der Waals surface area contributed by atoms with E-state index in [1.54, 1.807) is 6.07 Å². The number of nitro benzene ring substituents is 1. The predicted octanol–water partition coefficient (Wildman–Crippen LogP) is 4.27. The van der Waals surface area contributed by atoms with Crippen molar-refractivity contribution in [1.29, 1.82) is 0 Å². The van der Waals surface area contributed by atoms with Gasteiger partial charge < -0.3 is 9.53 Å². The number of nitro groups is 1. The molecule has 5 nitrogen and oxygen atoms in total. The number of ether oxygens (including phenoxy) is 1. The molecule has 0 N–H and O–H groups in total. The summed E-state index contributed by atoms with van der Waals surface area (Å²) in [6, 6.07) is 3.78. The summed E-state index contributed by atoms with van der Waals surface area (Å²) < 4.78 is 5.22. The smallest absolute Gasteiger partial charge is 0.314 e. The Morgan fingerprint density at radius 1 is 1.33 bits per heavy atom. The molecular formula is C19H25NO4. The molecule has 5 heteroatoms. The quantitative estimate of drug-likeness (QED) is 0.459. The average Bonchev–Trinajstić information content (AvgIpc) is 2.59. The molecule has 2 aliphatic carbocycles. The Kier molecular flexibility index (Phi) is 4.88. The first-order valence-corrected chi connectivity index (χ1v) is 8.86. The van der Waals surface area contributed by atoms with Crippen molar-refractivity contribution in [2.45, 2.75) is 51.4 Å². The van der Waals surface area contributed by atoms with E-state index in [2.05, 4.69) is 6.92 Å².